The average Bonchev–Trinajstić information content (AvgIpc) is 2.30. The lowest BCUT2D eigenvalue weighted by Gasteiger charge is -2.13. The lowest BCUT2D eigenvalue weighted by molar-refractivity contribution is 0.174. The standard InChI is InChI=1S/C12H18F2N2O/c1-2-3-4-16-7-11(17)8-5-9(13)12(15)10(14)6-8/h5-6,11,16-17H,2-4,7,15H2,1H3/t11-/m0/s1. The fourth-order valence-electron chi connectivity index (χ4n) is 1.45. The highest BCUT2D eigenvalue weighted by atomic mass is 19.1. The van der Waals surface area contributed by atoms with Gasteiger partial charge >= 0.3 is 0 Å². The summed E-state index contributed by atoms with van der Waals surface area (Å²) in [4.78, 5) is 0. The molecule has 1 atom stereocenters. The number of nitrogen functional groups attached to an aromatic ring is 1. The maximum atomic E-state index is 13.1. The summed E-state index contributed by atoms with van der Waals surface area (Å²) < 4.78 is 26.3. The Balaban J connectivity index is 2.60. The van der Waals surface area contributed by atoms with Crippen molar-refractivity contribution in [2.45, 2.75) is 25.9 Å². The Bertz CT molecular complexity index is 349. The first-order chi connectivity index (χ1) is 8.06. The van der Waals surface area contributed by atoms with Crippen LogP contribution in [0.4, 0.5) is 14.5 Å². The summed E-state index contributed by atoms with van der Waals surface area (Å²) in [6, 6.07) is 2.12. The summed E-state index contributed by atoms with van der Waals surface area (Å²) >= 11 is 0. The third-order valence-corrected chi connectivity index (χ3v) is 2.53. The minimum atomic E-state index is -0.934. The predicted octanol–water partition coefficient (Wildman–Crippen LogP) is 1.97. The van der Waals surface area contributed by atoms with Crippen molar-refractivity contribution in [2.24, 2.45) is 0 Å². The third kappa shape index (κ3) is 3.94. The van der Waals surface area contributed by atoms with E-state index in [4.69, 9.17) is 5.73 Å². The molecule has 5 heteroatoms. The van der Waals surface area contributed by atoms with Crippen LogP contribution >= 0.6 is 0 Å². The molecule has 0 radical (unpaired) electrons. The number of halogens is 2. The molecule has 0 bridgehead atoms. The Morgan fingerprint density at radius 3 is 2.47 bits per heavy atom. The fourth-order valence-corrected chi connectivity index (χ4v) is 1.45. The number of aliphatic hydroxyl groups excluding tert-OH is 1. The second-order valence-corrected chi connectivity index (χ2v) is 3.97. The zero-order chi connectivity index (χ0) is 12.8. The van der Waals surface area contributed by atoms with Crippen LogP contribution in [-0.4, -0.2) is 18.2 Å². The number of benzene rings is 1. The topological polar surface area (TPSA) is 58.3 Å². The number of rotatable bonds is 6. The molecule has 0 saturated heterocycles. The van der Waals surface area contributed by atoms with Gasteiger partial charge in [-0.15, -0.1) is 0 Å². The Morgan fingerprint density at radius 1 is 1.35 bits per heavy atom. The largest absolute Gasteiger partial charge is 0.394 e. The second-order valence-electron chi connectivity index (χ2n) is 3.97. The highest BCUT2D eigenvalue weighted by Crippen LogP contribution is 2.21. The van der Waals surface area contributed by atoms with Crippen LogP contribution < -0.4 is 11.1 Å². The molecule has 0 aliphatic heterocycles. The quantitative estimate of drug-likeness (QED) is 0.529. The summed E-state index contributed by atoms with van der Waals surface area (Å²) in [5.74, 6) is -1.68. The number of unbranched alkanes of at least 4 members (excludes halogenated alkanes) is 1. The van der Waals surface area contributed by atoms with E-state index in [0.29, 0.717) is 0 Å². The molecule has 4 N–H and O–H groups in total. The zero-order valence-corrected chi connectivity index (χ0v) is 9.84. The van der Waals surface area contributed by atoms with E-state index in [2.05, 4.69) is 12.2 Å². The Labute approximate surface area is 99.6 Å². The number of hydrogen-bond acceptors (Lipinski definition) is 3. The van der Waals surface area contributed by atoms with Crippen molar-refractivity contribution in [1.82, 2.24) is 5.32 Å². The first-order valence-electron chi connectivity index (χ1n) is 5.69. The van der Waals surface area contributed by atoms with Crippen molar-refractivity contribution in [2.75, 3.05) is 18.8 Å². The van der Waals surface area contributed by atoms with Crippen molar-refractivity contribution >= 4 is 5.69 Å². The molecule has 0 fully saturated rings. The van der Waals surface area contributed by atoms with Gasteiger partial charge in [-0.25, -0.2) is 8.78 Å². The molecule has 0 aliphatic rings. The maximum absolute atomic E-state index is 13.1. The van der Waals surface area contributed by atoms with E-state index >= 15 is 0 Å². The van der Waals surface area contributed by atoms with Crippen molar-refractivity contribution < 1.29 is 13.9 Å². The first kappa shape index (κ1) is 13.9. The van der Waals surface area contributed by atoms with Gasteiger partial charge in [-0.1, -0.05) is 13.3 Å². The number of hydrogen-bond donors (Lipinski definition) is 3. The van der Waals surface area contributed by atoms with Crippen LogP contribution in [0.15, 0.2) is 12.1 Å². The van der Waals surface area contributed by atoms with Crippen molar-refractivity contribution in [3.63, 3.8) is 0 Å². The minimum Gasteiger partial charge on any atom is -0.394 e. The van der Waals surface area contributed by atoms with E-state index in [-0.39, 0.29) is 12.1 Å². The van der Waals surface area contributed by atoms with Crippen molar-refractivity contribution in [1.29, 1.82) is 0 Å². The zero-order valence-electron chi connectivity index (χ0n) is 9.84. The van der Waals surface area contributed by atoms with Gasteiger partial charge in [0.1, 0.15) is 17.3 Å². The van der Waals surface area contributed by atoms with E-state index in [1.165, 1.54) is 0 Å². The van der Waals surface area contributed by atoms with Gasteiger partial charge in [0.15, 0.2) is 0 Å². The van der Waals surface area contributed by atoms with Gasteiger partial charge in [-0.3, -0.25) is 0 Å². The number of nitrogens with one attached hydrogen (secondary N) is 1. The van der Waals surface area contributed by atoms with Crippen LogP contribution in [0, 0.1) is 11.6 Å². The molecule has 1 aromatic carbocycles. The highest BCUT2D eigenvalue weighted by Gasteiger charge is 2.13. The molecule has 0 aromatic heterocycles. The van der Waals surface area contributed by atoms with E-state index in [1.54, 1.807) is 0 Å². The molecule has 3 nitrogen and oxygen atoms in total. The number of anilines is 1. The second kappa shape index (κ2) is 6.51. The average molecular weight is 244 g/mol. The molecule has 0 aliphatic carbocycles. The normalized spacial score (nSPS) is 12.7. The van der Waals surface area contributed by atoms with Gasteiger partial charge in [-0.2, -0.15) is 0 Å². The van der Waals surface area contributed by atoms with Gasteiger partial charge < -0.3 is 16.2 Å². The van der Waals surface area contributed by atoms with E-state index in [9.17, 15) is 13.9 Å². The molecule has 96 valence electrons. The monoisotopic (exact) mass is 244 g/mol. The molecule has 1 rings (SSSR count). The first-order valence-corrected chi connectivity index (χ1v) is 5.69. The van der Waals surface area contributed by atoms with Crippen LogP contribution in [0.1, 0.15) is 31.4 Å². The molecule has 0 heterocycles. The minimum absolute atomic E-state index is 0.193. The maximum Gasteiger partial charge on any atom is 0.149 e. The Kier molecular flexibility index (Phi) is 5.31. The van der Waals surface area contributed by atoms with Crippen LogP contribution in [-0.2, 0) is 0 Å². The SMILES string of the molecule is CCCCNC[C@H](O)c1cc(F)c(N)c(F)c1. The van der Waals surface area contributed by atoms with E-state index < -0.39 is 23.4 Å². The smallest absolute Gasteiger partial charge is 0.149 e. The Morgan fingerprint density at radius 2 is 1.94 bits per heavy atom. The molecular formula is C12H18F2N2O. The van der Waals surface area contributed by atoms with E-state index in [1.807, 2.05) is 0 Å². The molecule has 1 aromatic rings. The summed E-state index contributed by atoms with van der Waals surface area (Å²) in [5, 5.41) is 12.7. The van der Waals surface area contributed by atoms with Gasteiger partial charge in [0.05, 0.1) is 6.10 Å². The van der Waals surface area contributed by atoms with Crippen molar-refractivity contribution in [3.05, 3.63) is 29.3 Å². The Hall–Kier alpha value is -1.20. The number of aliphatic hydroxyl groups is 1. The summed E-state index contributed by atoms with van der Waals surface area (Å²) in [7, 11) is 0. The predicted molar refractivity (Wildman–Crippen MR) is 63.5 cm³/mol. The summed E-state index contributed by atoms with van der Waals surface area (Å²) in [5.41, 5.74) is 4.82. The summed E-state index contributed by atoms with van der Waals surface area (Å²) in [6.45, 7) is 3.10. The molecule has 0 spiro atoms. The fraction of sp³-hybridized carbons (Fsp3) is 0.500. The molecule has 0 unspecified atom stereocenters. The van der Waals surface area contributed by atoms with Crippen LogP contribution in [0.25, 0.3) is 0 Å². The molecule has 17 heavy (non-hydrogen) atoms. The molecular weight excluding hydrogens is 226 g/mol. The lowest BCUT2D eigenvalue weighted by atomic mass is 10.1. The third-order valence-electron chi connectivity index (χ3n) is 2.53. The van der Waals surface area contributed by atoms with Gasteiger partial charge in [-0.05, 0) is 30.7 Å². The van der Waals surface area contributed by atoms with Crippen LogP contribution in [0.3, 0.4) is 0 Å². The number of nitrogens with two attached hydrogens (primary N) is 1. The van der Waals surface area contributed by atoms with Gasteiger partial charge in [0.25, 0.3) is 0 Å². The van der Waals surface area contributed by atoms with Crippen molar-refractivity contribution in [3.8, 4) is 0 Å². The van der Waals surface area contributed by atoms with Crippen LogP contribution in [0.5, 0.6) is 0 Å². The molecule has 0 saturated carbocycles. The lowest BCUT2D eigenvalue weighted by Crippen LogP contribution is -2.22. The van der Waals surface area contributed by atoms with Gasteiger partial charge in [0, 0.05) is 6.54 Å². The highest BCUT2D eigenvalue weighted by molar-refractivity contribution is 5.43. The molecule has 0 amide bonds. The van der Waals surface area contributed by atoms with Gasteiger partial charge in [0.2, 0.25) is 0 Å². The van der Waals surface area contributed by atoms with E-state index in [0.717, 1.165) is 31.5 Å². The van der Waals surface area contributed by atoms with Crippen LogP contribution in [0.2, 0.25) is 0 Å². The summed E-state index contributed by atoms with van der Waals surface area (Å²) in [6.07, 6.45) is 1.11.